The summed E-state index contributed by atoms with van der Waals surface area (Å²) in [4.78, 5) is 0.257. The van der Waals surface area contributed by atoms with Gasteiger partial charge in [-0.15, -0.1) is 0 Å². The third-order valence-corrected chi connectivity index (χ3v) is 3.63. The second kappa shape index (κ2) is 5.97. The average molecular weight is 332 g/mol. The van der Waals surface area contributed by atoms with Gasteiger partial charge in [0.15, 0.2) is 0 Å². The van der Waals surface area contributed by atoms with Gasteiger partial charge >= 0.3 is 0 Å². The molecule has 0 radical (unpaired) electrons. The Morgan fingerprint density at radius 3 is 2.16 bits per heavy atom. The van der Waals surface area contributed by atoms with Crippen LogP contribution in [-0.2, 0) is 0 Å². The first-order chi connectivity index (χ1) is 8.99. The van der Waals surface area contributed by atoms with Gasteiger partial charge in [0, 0.05) is 11.3 Å². The van der Waals surface area contributed by atoms with Crippen molar-refractivity contribution in [1.29, 1.82) is 0 Å². The molecular formula is C13H9Cl3N2S. The molecule has 0 atom stereocenters. The number of halogens is 3. The molecule has 0 unspecified atom stereocenters. The zero-order chi connectivity index (χ0) is 14.0. The molecule has 19 heavy (non-hydrogen) atoms. The summed E-state index contributed by atoms with van der Waals surface area (Å²) in [6.07, 6.45) is 0. The number of anilines is 2. The van der Waals surface area contributed by atoms with Crippen LogP contribution in [0.4, 0.5) is 11.4 Å². The van der Waals surface area contributed by atoms with Gasteiger partial charge in [-0.1, -0.05) is 53.1 Å². The monoisotopic (exact) mass is 330 g/mol. The SMILES string of the molecule is NC(=S)c1ccc(Nc2c(Cl)cccc2Cl)cc1Cl. The lowest BCUT2D eigenvalue weighted by Crippen LogP contribution is -2.10. The Morgan fingerprint density at radius 1 is 1.00 bits per heavy atom. The summed E-state index contributed by atoms with van der Waals surface area (Å²) >= 11 is 23.2. The number of hydrogen-bond acceptors (Lipinski definition) is 2. The van der Waals surface area contributed by atoms with Crippen LogP contribution in [0.2, 0.25) is 15.1 Å². The number of para-hydroxylation sites is 1. The summed E-state index contributed by atoms with van der Waals surface area (Å²) in [5.74, 6) is 0. The van der Waals surface area contributed by atoms with Gasteiger partial charge in [0.05, 0.1) is 20.8 Å². The van der Waals surface area contributed by atoms with Crippen LogP contribution in [0.5, 0.6) is 0 Å². The maximum absolute atomic E-state index is 6.10. The predicted octanol–water partition coefficient (Wildman–Crippen LogP) is 5.02. The molecule has 98 valence electrons. The molecule has 0 aliphatic carbocycles. The van der Waals surface area contributed by atoms with Crippen molar-refractivity contribution in [3.8, 4) is 0 Å². The van der Waals surface area contributed by atoms with Crippen molar-refractivity contribution in [3.63, 3.8) is 0 Å². The summed E-state index contributed by atoms with van der Waals surface area (Å²) in [5, 5.41) is 4.65. The fourth-order valence-electron chi connectivity index (χ4n) is 1.55. The van der Waals surface area contributed by atoms with E-state index in [1.807, 2.05) is 0 Å². The molecule has 0 saturated heterocycles. The number of rotatable bonds is 3. The van der Waals surface area contributed by atoms with E-state index in [0.29, 0.717) is 26.3 Å². The van der Waals surface area contributed by atoms with Gasteiger partial charge in [-0.05, 0) is 30.3 Å². The average Bonchev–Trinajstić information content (AvgIpc) is 2.33. The second-order valence-electron chi connectivity index (χ2n) is 3.78. The molecule has 0 heterocycles. The van der Waals surface area contributed by atoms with Gasteiger partial charge in [0.2, 0.25) is 0 Å². The first-order valence-corrected chi connectivity index (χ1v) is 6.83. The van der Waals surface area contributed by atoms with Crippen molar-refractivity contribution in [2.45, 2.75) is 0 Å². The molecule has 0 fully saturated rings. The van der Waals surface area contributed by atoms with Crippen LogP contribution in [-0.4, -0.2) is 4.99 Å². The Hall–Kier alpha value is -1.000. The molecule has 6 heteroatoms. The number of thiocarbonyl (C=S) groups is 1. The van der Waals surface area contributed by atoms with Gasteiger partial charge < -0.3 is 11.1 Å². The van der Waals surface area contributed by atoms with Gasteiger partial charge in [0.25, 0.3) is 0 Å². The third kappa shape index (κ3) is 3.31. The molecule has 2 rings (SSSR count). The van der Waals surface area contributed by atoms with Crippen LogP contribution in [0.1, 0.15) is 5.56 Å². The number of hydrogen-bond donors (Lipinski definition) is 2. The molecule has 2 nitrogen and oxygen atoms in total. The fraction of sp³-hybridized carbons (Fsp3) is 0. The Bertz CT molecular complexity index is 624. The Balaban J connectivity index is 2.34. The van der Waals surface area contributed by atoms with Gasteiger partial charge in [0.1, 0.15) is 4.99 Å². The predicted molar refractivity (Wildman–Crippen MR) is 87.1 cm³/mol. The van der Waals surface area contributed by atoms with Gasteiger partial charge in [-0.3, -0.25) is 0 Å². The first-order valence-electron chi connectivity index (χ1n) is 5.29. The molecule has 0 amide bonds. The lowest BCUT2D eigenvalue weighted by atomic mass is 10.2. The van der Waals surface area contributed by atoms with E-state index >= 15 is 0 Å². The molecule has 0 aliphatic rings. The van der Waals surface area contributed by atoms with E-state index in [0.717, 1.165) is 5.69 Å². The van der Waals surface area contributed by atoms with Crippen molar-refractivity contribution in [2.24, 2.45) is 5.73 Å². The van der Waals surface area contributed by atoms with E-state index in [-0.39, 0.29) is 4.99 Å². The minimum absolute atomic E-state index is 0.257. The van der Waals surface area contributed by atoms with E-state index in [2.05, 4.69) is 5.32 Å². The van der Waals surface area contributed by atoms with Crippen molar-refractivity contribution >= 4 is 63.4 Å². The minimum atomic E-state index is 0.257. The number of benzene rings is 2. The zero-order valence-corrected chi connectivity index (χ0v) is 12.7. The van der Waals surface area contributed by atoms with Crippen molar-refractivity contribution in [1.82, 2.24) is 0 Å². The topological polar surface area (TPSA) is 38.0 Å². The second-order valence-corrected chi connectivity index (χ2v) is 5.44. The van der Waals surface area contributed by atoms with E-state index in [4.69, 9.17) is 52.8 Å². The Labute approximate surface area is 131 Å². The number of nitrogens with two attached hydrogens (primary N) is 1. The van der Waals surface area contributed by atoms with E-state index in [9.17, 15) is 0 Å². The molecule has 0 aromatic heterocycles. The summed E-state index contributed by atoms with van der Waals surface area (Å²) in [7, 11) is 0. The third-order valence-electron chi connectivity index (χ3n) is 2.47. The van der Waals surface area contributed by atoms with E-state index in [1.54, 1.807) is 36.4 Å². The van der Waals surface area contributed by atoms with Crippen LogP contribution >= 0.6 is 47.0 Å². The van der Waals surface area contributed by atoms with Gasteiger partial charge in [-0.2, -0.15) is 0 Å². The largest absolute Gasteiger partial charge is 0.389 e. The highest BCUT2D eigenvalue weighted by molar-refractivity contribution is 7.80. The zero-order valence-electron chi connectivity index (χ0n) is 9.58. The first kappa shape index (κ1) is 14.4. The van der Waals surface area contributed by atoms with Gasteiger partial charge in [-0.25, -0.2) is 0 Å². The van der Waals surface area contributed by atoms with Crippen LogP contribution in [0.25, 0.3) is 0 Å². The highest BCUT2D eigenvalue weighted by Crippen LogP contribution is 2.33. The molecule has 0 aliphatic heterocycles. The standard InChI is InChI=1S/C13H9Cl3N2S/c14-9-2-1-3-10(15)12(9)18-7-4-5-8(13(17)19)11(16)6-7/h1-6,18H,(H2,17,19). The maximum atomic E-state index is 6.10. The fourth-order valence-corrected chi connectivity index (χ4v) is 2.56. The lowest BCUT2D eigenvalue weighted by molar-refractivity contribution is 1.53. The van der Waals surface area contributed by atoms with Crippen LogP contribution in [0.15, 0.2) is 36.4 Å². The summed E-state index contributed by atoms with van der Waals surface area (Å²) in [5.41, 5.74) is 7.56. The van der Waals surface area contributed by atoms with E-state index < -0.39 is 0 Å². The van der Waals surface area contributed by atoms with Crippen LogP contribution in [0, 0.1) is 0 Å². The summed E-state index contributed by atoms with van der Waals surface area (Å²) < 4.78 is 0. The lowest BCUT2D eigenvalue weighted by Gasteiger charge is -2.11. The Morgan fingerprint density at radius 2 is 1.63 bits per heavy atom. The number of nitrogens with one attached hydrogen (secondary N) is 1. The minimum Gasteiger partial charge on any atom is -0.389 e. The molecule has 2 aromatic carbocycles. The van der Waals surface area contributed by atoms with Crippen LogP contribution in [0.3, 0.4) is 0 Å². The highest BCUT2D eigenvalue weighted by Gasteiger charge is 2.08. The summed E-state index contributed by atoms with van der Waals surface area (Å²) in [6.45, 7) is 0. The molecule has 0 spiro atoms. The van der Waals surface area contributed by atoms with Crippen molar-refractivity contribution < 1.29 is 0 Å². The van der Waals surface area contributed by atoms with Crippen molar-refractivity contribution in [2.75, 3.05) is 5.32 Å². The maximum Gasteiger partial charge on any atom is 0.105 e. The molecule has 3 N–H and O–H groups in total. The molecule has 0 bridgehead atoms. The quantitative estimate of drug-likeness (QED) is 0.775. The molecule has 2 aromatic rings. The van der Waals surface area contributed by atoms with E-state index in [1.165, 1.54) is 0 Å². The van der Waals surface area contributed by atoms with Crippen molar-refractivity contribution in [3.05, 3.63) is 57.0 Å². The smallest absolute Gasteiger partial charge is 0.105 e. The summed E-state index contributed by atoms with van der Waals surface area (Å²) in [6, 6.07) is 10.5. The normalized spacial score (nSPS) is 10.3. The molecular weight excluding hydrogens is 323 g/mol. The highest BCUT2D eigenvalue weighted by atomic mass is 35.5. The van der Waals surface area contributed by atoms with Crippen LogP contribution < -0.4 is 11.1 Å². The Kier molecular flexibility index (Phi) is 4.53. The molecule has 0 saturated carbocycles.